The summed E-state index contributed by atoms with van der Waals surface area (Å²) in [6, 6.07) is 8.31. The van der Waals surface area contributed by atoms with E-state index < -0.39 is 0 Å². The molecule has 1 aromatic rings. The van der Waals surface area contributed by atoms with Gasteiger partial charge in [-0.15, -0.1) is 0 Å². The number of hydrogen-bond acceptors (Lipinski definition) is 2. The summed E-state index contributed by atoms with van der Waals surface area (Å²) in [5.74, 6) is 0. The highest BCUT2D eigenvalue weighted by atomic mass is 16.2. The lowest BCUT2D eigenvalue weighted by atomic mass is 10.2. The van der Waals surface area contributed by atoms with Crippen LogP contribution in [0.15, 0.2) is 24.3 Å². The number of hydrogen-bond donors (Lipinski definition) is 2. The molecule has 1 atom stereocenters. The van der Waals surface area contributed by atoms with Crippen LogP contribution in [0.3, 0.4) is 0 Å². The van der Waals surface area contributed by atoms with Crippen LogP contribution in [0, 0.1) is 6.92 Å². The lowest BCUT2D eigenvalue weighted by Gasteiger charge is -2.14. The summed E-state index contributed by atoms with van der Waals surface area (Å²) >= 11 is 0. The average molecular weight is 233 g/mol. The third-order valence-electron chi connectivity index (χ3n) is 3.06. The molecule has 2 amide bonds. The number of rotatable bonds is 4. The molecule has 1 aromatic carbocycles. The molecule has 0 spiro atoms. The third-order valence-corrected chi connectivity index (χ3v) is 3.06. The van der Waals surface area contributed by atoms with Gasteiger partial charge in [0.2, 0.25) is 0 Å². The Labute approximate surface area is 102 Å². The molecule has 0 saturated carbocycles. The van der Waals surface area contributed by atoms with Gasteiger partial charge in [-0.25, -0.2) is 4.79 Å². The number of nitrogens with one attached hydrogen (secondary N) is 2. The second kappa shape index (κ2) is 5.19. The predicted octanol–water partition coefficient (Wildman–Crippen LogP) is 1.50. The van der Waals surface area contributed by atoms with Crippen LogP contribution in [-0.2, 0) is 0 Å². The van der Waals surface area contributed by atoms with Crippen LogP contribution >= 0.6 is 0 Å². The molecule has 1 saturated heterocycles. The van der Waals surface area contributed by atoms with E-state index in [1.807, 2.05) is 38.2 Å². The van der Waals surface area contributed by atoms with E-state index in [0.29, 0.717) is 0 Å². The lowest BCUT2D eigenvalue weighted by Crippen LogP contribution is -2.29. The van der Waals surface area contributed by atoms with Crippen molar-refractivity contribution >= 4 is 11.7 Å². The Hall–Kier alpha value is -1.55. The summed E-state index contributed by atoms with van der Waals surface area (Å²) in [6.45, 7) is 3.72. The standard InChI is InChI=1S/C13H19N3O/c1-10-3-5-12(6-4-10)16-9-11(7-8-14-2)15-13(16)17/h3-6,11,14H,7-9H2,1-2H3,(H,15,17). The zero-order chi connectivity index (χ0) is 12.3. The Morgan fingerprint density at radius 3 is 2.76 bits per heavy atom. The van der Waals surface area contributed by atoms with Crippen molar-refractivity contribution in [3.05, 3.63) is 29.8 Å². The van der Waals surface area contributed by atoms with E-state index in [0.717, 1.165) is 25.2 Å². The van der Waals surface area contributed by atoms with E-state index in [1.54, 1.807) is 4.90 Å². The molecule has 17 heavy (non-hydrogen) atoms. The summed E-state index contributed by atoms with van der Waals surface area (Å²) in [5.41, 5.74) is 2.18. The first-order valence-corrected chi connectivity index (χ1v) is 6.00. The van der Waals surface area contributed by atoms with Crippen LogP contribution in [-0.4, -0.2) is 32.2 Å². The van der Waals surface area contributed by atoms with Crippen molar-refractivity contribution in [1.82, 2.24) is 10.6 Å². The minimum absolute atomic E-state index is 0.00922. The van der Waals surface area contributed by atoms with Crippen LogP contribution in [0.25, 0.3) is 0 Å². The second-order valence-electron chi connectivity index (χ2n) is 4.48. The minimum Gasteiger partial charge on any atom is -0.333 e. The fourth-order valence-electron chi connectivity index (χ4n) is 2.03. The molecule has 0 aromatic heterocycles. The Kier molecular flexibility index (Phi) is 3.64. The maximum Gasteiger partial charge on any atom is 0.322 e. The number of carbonyl (C=O) groups is 1. The number of aryl methyl sites for hydroxylation is 1. The molecule has 4 nitrogen and oxygen atoms in total. The highest BCUT2D eigenvalue weighted by Crippen LogP contribution is 2.19. The smallest absolute Gasteiger partial charge is 0.322 e. The number of carbonyl (C=O) groups excluding carboxylic acids is 1. The lowest BCUT2D eigenvalue weighted by molar-refractivity contribution is 0.250. The number of amides is 2. The van der Waals surface area contributed by atoms with Gasteiger partial charge in [0.25, 0.3) is 0 Å². The molecule has 92 valence electrons. The summed E-state index contributed by atoms with van der Waals surface area (Å²) in [5, 5.41) is 6.10. The maximum absolute atomic E-state index is 11.8. The highest BCUT2D eigenvalue weighted by Gasteiger charge is 2.28. The summed E-state index contributed by atoms with van der Waals surface area (Å²) in [4.78, 5) is 13.6. The molecule has 1 unspecified atom stereocenters. The van der Waals surface area contributed by atoms with E-state index in [2.05, 4.69) is 10.6 Å². The zero-order valence-corrected chi connectivity index (χ0v) is 10.4. The minimum atomic E-state index is 0.00922. The molecule has 0 aliphatic carbocycles. The van der Waals surface area contributed by atoms with E-state index in [9.17, 15) is 4.79 Å². The first kappa shape index (κ1) is 11.9. The normalized spacial score (nSPS) is 19.5. The van der Waals surface area contributed by atoms with Gasteiger partial charge in [0.1, 0.15) is 0 Å². The Balaban J connectivity index is 2.02. The molecular formula is C13H19N3O. The largest absolute Gasteiger partial charge is 0.333 e. The van der Waals surface area contributed by atoms with Crippen molar-refractivity contribution in [3.8, 4) is 0 Å². The van der Waals surface area contributed by atoms with Gasteiger partial charge < -0.3 is 10.6 Å². The van der Waals surface area contributed by atoms with Crippen molar-refractivity contribution in [2.24, 2.45) is 0 Å². The molecule has 0 bridgehead atoms. The van der Waals surface area contributed by atoms with Gasteiger partial charge in [-0.1, -0.05) is 17.7 Å². The van der Waals surface area contributed by atoms with E-state index >= 15 is 0 Å². The first-order chi connectivity index (χ1) is 8.20. The van der Waals surface area contributed by atoms with E-state index in [-0.39, 0.29) is 12.1 Å². The van der Waals surface area contributed by atoms with Gasteiger partial charge in [0.15, 0.2) is 0 Å². The quantitative estimate of drug-likeness (QED) is 0.828. The Morgan fingerprint density at radius 1 is 1.41 bits per heavy atom. The van der Waals surface area contributed by atoms with Crippen molar-refractivity contribution in [2.75, 3.05) is 25.0 Å². The number of nitrogens with zero attached hydrogens (tertiary/aromatic N) is 1. The monoisotopic (exact) mass is 233 g/mol. The molecule has 2 rings (SSSR count). The average Bonchev–Trinajstić information content (AvgIpc) is 2.69. The summed E-state index contributed by atoms with van der Waals surface area (Å²) in [6.07, 6.45) is 0.963. The van der Waals surface area contributed by atoms with Gasteiger partial charge in [-0.2, -0.15) is 0 Å². The van der Waals surface area contributed by atoms with Crippen LogP contribution in [0.1, 0.15) is 12.0 Å². The van der Waals surface area contributed by atoms with Gasteiger partial charge in [0.05, 0.1) is 0 Å². The first-order valence-electron chi connectivity index (χ1n) is 6.00. The summed E-state index contributed by atoms with van der Waals surface area (Å²) in [7, 11) is 1.93. The maximum atomic E-state index is 11.8. The number of urea groups is 1. The SMILES string of the molecule is CNCCC1CN(c2ccc(C)cc2)C(=O)N1. The van der Waals surface area contributed by atoms with E-state index in [4.69, 9.17) is 0 Å². The van der Waals surface area contributed by atoms with Gasteiger partial charge >= 0.3 is 6.03 Å². The van der Waals surface area contributed by atoms with Crippen LogP contribution < -0.4 is 15.5 Å². The topological polar surface area (TPSA) is 44.4 Å². The van der Waals surface area contributed by atoms with Crippen molar-refractivity contribution in [1.29, 1.82) is 0 Å². The molecule has 2 N–H and O–H groups in total. The fraction of sp³-hybridized carbons (Fsp3) is 0.462. The van der Waals surface area contributed by atoms with Crippen LogP contribution in [0.4, 0.5) is 10.5 Å². The summed E-state index contributed by atoms with van der Waals surface area (Å²) < 4.78 is 0. The molecule has 1 fully saturated rings. The van der Waals surface area contributed by atoms with Gasteiger partial charge in [-0.3, -0.25) is 4.90 Å². The van der Waals surface area contributed by atoms with Gasteiger partial charge in [-0.05, 0) is 39.1 Å². The van der Waals surface area contributed by atoms with Crippen LogP contribution in [0.2, 0.25) is 0 Å². The molecule has 1 heterocycles. The highest BCUT2D eigenvalue weighted by molar-refractivity contribution is 5.94. The molecule has 0 radical (unpaired) electrons. The molecule has 1 aliphatic heterocycles. The second-order valence-corrected chi connectivity index (χ2v) is 4.48. The van der Waals surface area contributed by atoms with E-state index in [1.165, 1.54) is 5.56 Å². The Bertz CT molecular complexity index is 388. The number of benzene rings is 1. The molecule has 1 aliphatic rings. The fourth-order valence-corrected chi connectivity index (χ4v) is 2.03. The van der Waals surface area contributed by atoms with Crippen molar-refractivity contribution in [2.45, 2.75) is 19.4 Å². The van der Waals surface area contributed by atoms with Crippen molar-refractivity contribution in [3.63, 3.8) is 0 Å². The third kappa shape index (κ3) is 2.77. The molecule has 4 heteroatoms. The Morgan fingerprint density at radius 2 is 2.12 bits per heavy atom. The van der Waals surface area contributed by atoms with Gasteiger partial charge in [0, 0.05) is 18.3 Å². The predicted molar refractivity (Wildman–Crippen MR) is 69.4 cm³/mol. The van der Waals surface area contributed by atoms with Crippen molar-refractivity contribution < 1.29 is 4.79 Å². The number of anilines is 1. The van der Waals surface area contributed by atoms with Crippen LogP contribution in [0.5, 0.6) is 0 Å². The zero-order valence-electron chi connectivity index (χ0n) is 10.4. The molecular weight excluding hydrogens is 214 g/mol.